The van der Waals surface area contributed by atoms with Gasteiger partial charge < -0.3 is 14.8 Å². The second-order valence-electron chi connectivity index (χ2n) is 7.96. The van der Waals surface area contributed by atoms with Gasteiger partial charge >= 0.3 is 11.9 Å². The van der Waals surface area contributed by atoms with E-state index < -0.39 is 0 Å². The molecule has 2 N–H and O–H groups in total. The van der Waals surface area contributed by atoms with Crippen LogP contribution < -0.4 is 5.32 Å². The van der Waals surface area contributed by atoms with E-state index in [0.29, 0.717) is 39.1 Å². The zero-order chi connectivity index (χ0) is 22.8. The number of quaternary nitrogens is 1. The highest BCUT2D eigenvalue weighted by molar-refractivity contribution is 5.69. The van der Waals surface area contributed by atoms with Gasteiger partial charge in [-0.25, -0.2) is 0 Å². The molecule has 5 heteroatoms. The van der Waals surface area contributed by atoms with Gasteiger partial charge in [-0.05, 0) is 25.7 Å². The molecule has 31 heavy (non-hydrogen) atoms. The molecule has 0 spiro atoms. The summed E-state index contributed by atoms with van der Waals surface area (Å²) in [6.07, 6.45) is 26.3. The molecule has 0 aliphatic carbocycles. The van der Waals surface area contributed by atoms with E-state index in [0.717, 1.165) is 64.2 Å². The Hall–Kier alpha value is -1.98. The van der Waals surface area contributed by atoms with E-state index in [4.69, 9.17) is 22.3 Å². The highest BCUT2D eigenvalue weighted by Crippen LogP contribution is 2.09. The van der Waals surface area contributed by atoms with E-state index in [1.54, 1.807) is 0 Å². The SMILES string of the molecule is C#CCCCCCCCCC(=O)OCC[NH2+]CCOC(=O)CCCCCCCCC#C. The molecule has 0 amide bonds. The molecule has 0 rings (SSSR count). The molecule has 0 aromatic rings. The van der Waals surface area contributed by atoms with Crippen molar-refractivity contribution in [1.82, 2.24) is 0 Å². The third-order valence-electron chi connectivity index (χ3n) is 5.07. The molecule has 0 fully saturated rings. The molecular formula is C26H44NO4+. The number of terminal acetylenes is 2. The molecule has 0 atom stereocenters. The molecule has 0 saturated heterocycles. The van der Waals surface area contributed by atoms with Gasteiger partial charge in [0, 0.05) is 25.7 Å². The minimum atomic E-state index is -0.122. The number of carbonyl (C=O) groups excluding carboxylic acids is 2. The first-order valence-corrected chi connectivity index (χ1v) is 12.2. The normalized spacial score (nSPS) is 10.3. The van der Waals surface area contributed by atoms with Crippen molar-refractivity contribution in [2.75, 3.05) is 26.3 Å². The third-order valence-corrected chi connectivity index (χ3v) is 5.07. The number of nitrogens with two attached hydrogens (primary N) is 1. The summed E-state index contributed by atoms with van der Waals surface area (Å²) in [4.78, 5) is 23.3. The van der Waals surface area contributed by atoms with Crippen molar-refractivity contribution in [3.8, 4) is 24.7 Å². The van der Waals surface area contributed by atoms with Crippen LogP contribution in [0.2, 0.25) is 0 Å². The van der Waals surface area contributed by atoms with Crippen LogP contribution in [0.25, 0.3) is 0 Å². The minimum absolute atomic E-state index is 0.122. The van der Waals surface area contributed by atoms with E-state index in [1.807, 2.05) is 5.32 Å². The lowest BCUT2D eigenvalue weighted by molar-refractivity contribution is -0.656. The zero-order valence-corrected chi connectivity index (χ0v) is 19.5. The largest absolute Gasteiger partial charge is 0.460 e. The Morgan fingerprint density at radius 3 is 1.32 bits per heavy atom. The smallest absolute Gasteiger partial charge is 0.305 e. The van der Waals surface area contributed by atoms with Crippen molar-refractivity contribution in [3.05, 3.63) is 0 Å². The van der Waals surface area contributed by atoms with E-state index in [-0.39, 0.29) is 11.9 Å². The molecule has 0 aliphatic heterocycles. The number of esters is 2. The first kappa shape index (κ1) is 29.0. The van der Waals surface area contributed by atoms with E-state index >= 15 is 0 Å². The molecule has 5 nitrogen and oxygen atoms in total. The summed E-state index contributed by atoms with van der Waals surface area (Å²) in [5.41, 5.74) is 0. The first-order valence-electron chi connectivity index (χ1n) is 12.2. The van der Waals surface area contributed by atoms with Crippen LogP contribution in [-0.2, 0) is 19.1 Å². The first-order chi connectivity index (χ1) is 15.2. The molecule has 0 aromatic heterocycles. The fourth-order valence-electron chi connectivity index (χ4n) is 3.21. The van der Waals surface area contributed by atoms with Crippen molar-refractivity contribution >= 4 is 11.9 Å². The van der Waals surface area contributed by atoms with Gasteiger partial charge in [-0.15, -0.1) is 24.7 Å². The lowest BCUT2D eigenvalue weighted by Gasteiger charge is -2.06. The van der Waals surface area contributed by atoms with Gasteiger partial charge in [0.1, 0.15) is 26.3 Å². The highest BCUT2D eigenvalue weighted by Gasteiger charge is 2.05. The van der Waals surface area contributed by atoms with Crippen LogP contribution in [0.3, 0.4) is 0 Å². The summed E-state index contributed by atoms with van der Waals surface area (Å²) in [5.74, 6) is 5.06. The number of hydrogen-bond acceptors (Lipinski definition) is 4. The molecule has 0 bridgehead atoms. The Kier molecular flexibility index (Phi) is 22.7. The van der Waals surface area contributed by atoms with Gasteiger partial charge in [-0.1, -0.05) is 51.4 Å². The average molecular weight is 435 g/mol. The average Bonchev–Trinajstić information content (AvgIpc) is 2.76. The van der Waals surface area contributed by atoms with Crippen molar-refractivity contribution in [2.45, 2.75) is 103 Å². The fourth-order valence-corrected chi connectivity index (χ4v) is 3.21. The van der Waals surface area contributed by atoms with Gasteiger partial charge in [0.05, 0.1) is 0 Å². The summed E-state index contributed by atoms with van der Waals surface area (Å²) >= 11 is 0. The Morgan fingerprint density at radius 2 is 0.935 bits per heavy atom. The van der Waals surface area contributed by atoms with E-state index in [2.05, 4.69) is 11.8 Å². The highest BCUT2D eigenvalue weighted by atomic mass is 16.5. The summed E-state index contributed by atoms with van der Waals surface area (Å²) in [5, 5.41) is 2.01. The van der Waals surface area contributed by atoms with Crippen LogP contribution >= 0.6 is 0 Å². The van der Waals surface area contributed by atoms with Gasteiger partial charge in [0.25, 0.3) is 0 Å². The number of ether oxygens (including phenoxy) is 2. The molecule has 0 heterocycles. The van der Waals surface area contributed by atoms with Crippen molar-refractivity contribution in [2.24, 2.45) is 0 Å². The maximum absolute atomic E-state index is 11.7. The van der Waals surface area contributed by atoms with Crippen LogP contribution in [-0.4, -0.2) is 38.2 Å². The number of rotatable bonds is 22. The van der Waals surface area contributed by atoms with Crippen molar-refractivity contribution in [1.29, 1.82) is 0 Å². The molecule has 0 aliphatic rings. The summed E-state index contributed by atoms with van der Waals surface area (Å²) in [6.45, 7) is 2.19. The van der Waals surface area contributed by atoms with Crippen molar-refractivity contribution in [3.63, 3.8) is 0 Å². The lowest BCUT2D eigenvalue weighted by Crippen LogP contribution is -2.86. The predicted molar refractivity (Wildman–Crippen MR) is 125 cm³/mol. The lowest BCUT2D eigenvalue weighted by atomic mass is 10.1. The second-order valence-corrected chi connectivity index (χ2v) is 7.96. The predicted octanol–water partition coefficient (Wildman–Crippen LogP) is 4.14. The Bertz CT molecular complexity index is 472. The van der Waals surface area contributed by atoms with E-state index in [1.165, 1.54) is 25.7 Å². The van der Waals surface area contributed by atoms with Crippen LogP contribution in [0, 0.1) is 24.7 Å². The quantitative estimate of drug-likeness (QED) is 0.158. The molecule has 0 saturated carbocycles. The van der Waals surface area contributed by atoms with Gasteiger partial charge in [0.2, 0.25) is 0 Å². The molecule has 176 valence electrons. The minimum Gasteiger partial charge on any atom is -0.460 e. The summed E-state index contributed by atoms with van der Waals surface area (Å²) in [6, 6.07) is 0. The second kappa shape index (κ2) is 24.3. The van der Waals surface area contributed by atoms with Gasteiger partial charge in [-0.3, -0.25) is 9.59 Å². The van der Waals surface area contributed by atoms with Crippen LogP contribution in [0.1, 0.15) is 103 Å². The summed E-state index contributed by atoms with van der Waals surface area (Å²) in [7, 11) is 0. The standard InChI is InChI=1S/C26H43NO4/c1-3-5-7-9-11-13-15-17-19-25(28)30-23-21-27-22-24-31-26(29)20-18-16-14-12-10-8-6-4-2/h1-2,27H,5-24H2/p+1. The Labute approximate surface area is 190 Å². The Morgan fingerprint density at radius 1 is 0.581 bits per heavy atom. The monoisotopic (exact) mass is 434 g/mol. The molecule has 0 radical (unpaired) electrons. The van der Waals surface area contributed by atoms with Crippen LogP contribution in [0.5, 0.6) is 0 Å². The Balaban J connectivity index is 3.28. The van der Waals surface area contributed by atoms with E-state index in [9.17, 15) is 9.59 Å². The molecule has 0 aromatic carbocycles. The van der Waals surface area contributed by atoms with Gasteiger partial charge in [0.15, 0.2) is 0 Å². The maximum atomic E-state index is 11.7. The van der Waals surface area contributed by atoms with Gasteiger partial charge in [-0.2, -0.15) is 0 Å². The maximum Gasteiger partial charge on any atom is 0.305 e. The van der Waals surface area contributed by atoms with Crippen molar-refractivity contribution < 1.29 is 24.4 Å². The number of hydrogen-bond donors (Lipinski definition) is 1. The zero-order valence-electron chi connectivity index (χ0n) is 19.5. The van der Waals surface area contributed by atoms with Crippen LogP contribution in [0.4, 0.5) is 0 Å². The fraction of sp³-hybridized carbons (Fsp3) is 0.769. The molecule has 0 unspecified atom stereocenters. The topological polar surface area (TPSA) is 69.2 Å². The number of carbonyl (C=O) groups is 2. The van der Waals surface area contributed by atoms with Crippen LogP contribution in [0.15, 0.2) is 0 Å². The number of unbranched alkanes of at least 4 members (excludes halogenated alkanes) is 12. The third kappa shape index (κ3) is 24.2. The molecular weight excluding hydrogens is 390 g/mol. The summed E-state index contributed by atoms with van der Waals surface area (Å²) < 4.78 is 10.5.